The first kappa shape index (κ1) is 20.8. The van der Waals surface area contributed by atoms with Crippen LogP contribution in [0, 0.1) is 18.3 Å². The second-order valence-corrected chi connectivity index (χ2v) is 9.00. The van der Waals surface area contributed by atoms with Crippen LogP contribution in [0.1, 0.15) is 18.4 Å². The molecule has 3 aromatic heterocycles. The minimum Gasteiger partial charge on any atom is -0.383 e. The molecular weight excluding hydrogens is 404 g/mol. The van der Waals surface area contributed by atoms with Gasteiger partial charge in [0.25, 0.3) is 0 Å². The average molecular weight is 433 g/mol. The van der Waals surface area contributed by atoms with Gasteiger partial charge >= 0.3 is 0 Å². The van der Waals surface area contributed by atoms with Gasteiger partial charge in [0.2, 0.25) is 5.91 Å². The van der Waals surface area contributed by atoms with Crippen LogP contribution >= 0.6 is 0 Å². The largest absolute Gasteiger partial charge is 0.383 e. The van der Waals surface area contributed by atoms with Crippen molar-refractivity contribution in [2.75, 3.05) is 44.4 Å². The summed E-state index contributed by atoms with van der Waals surface area (Å²) in [5, 5.41) is 4.68. The van der Waals surface area contributed by atoms with E-state index in [1.54, 1.807) is 25.7 Å². The van der Waals surface area contributed by atoms with Crippen molar-refractivity contribution in [2.24, 2.45) is 11.3 Å². The number of ether oxygens (including phenoxy) is 1. The molecule has 0 unspecified atom stereocenters. The minimum atomic E-state index is 0.0451. The first-order chi connectivity index (χ1) is 15.5. The van der Waals surface area contributed by atoms with Gasteiger partial charge in [-0.05, 0) is 60.9 Å². The van der Waals surface area contributed by atoms with E-state index in [9.17, 15) is 4.79 Å². The Labute approximate surface area is 187 Å². The smallest absolute Gasteiger partial charge is 0.229 e. The molecular formula is C24H28N6O2. The van der Waals surface area contributed by atoms with Gasteiger partial charge in [0.05, 0.1) is 12.3 Å². The Morgan fingerprint density at radius 1 is 1.38 bits per heavy atom. The number of hydrogen-bond acceptors (Lipinski definition) is 7. The number of methoxy groups -OCH3 is 1. The van der Waals surface area contributed by atoms with Gasteiger partial charge in [-0.25, -0.2) is 9.97 Å². The van der Waals surface area contributed by atoms with Gasteiger partial charge in [-0.1, -0.05) is 0 Å². The number of aromatic nitrogens is 3. The van der Waals surface area contributed by atoms with Crippen LogP contribution in [-0.4, -0.2) is 59.1 Å². The van der Waals surface area contributed by atoms with Gasteiger partial charge in [-0.3, -0.25) is 9.78 Å². The number of fused-ring (bicyclic) bond motifs is 1. The molecule has 0 bridgehead atoms. The molecule has 8 heteroatoms. The maximum absolute atomic E-state index is 13.0. The number of carbonyl (C=O) groups is 1. The number of amides is 1. The Kier molecular flexibility index (Phi) is 5.27. The van der Waals surface area contributed by atoms with Crippen LogP contribution in [0.3, 0.4) is 0 Å². The third kappa shape index (κ3) is 3.80. The predicted molar refractivity (Wildman–Crippen MR) is 124 cm³/mol. The zero-order valence-electron chi connectivity index (χ0n) is 18.5. The fourth-order valence-corrected chi connectivity index (χ4v) is 4.89. The summed E-state index contributed by atoms with van der Waals surface area (Å²) in [6.07, 6.45) is 7.23. The Balaban J connectivity index is 1.33. The van der Waals surface area contributed by atoms with Crippen molar-refractivity contribution in [1.29, 1.82) is 0 Å². The first-order valence-corrected chi connectivity index (χ1v) is 11.0. The molecule has 1 amide bonds. The summed E-state index contributed by atoms with van der Waals surface area (Å²) in [6.45, 7) is 5.67. The van der Waals surface area contributed by atoms with E-state index in [0.717, 1.165) is 66.7 Å². The van der Waals surface area contributed by atoms with E-state index < -0.39 is 0 Å². The van der Waals surface area contributed by atoms with Gasteiger partial charge in [0.1, 0.15) is 11.6 Å². The number of pyridine rings is 3. The molecule has 1 aliphatic heterocycles. The number of nitrogens with zero attached hydrogens (tertiary/aromatic N) is 4. The van der Waals surface area contributed by atoms with Crippen molar-refractivity contribution in [3.05, 3.63) is 42.4 Å². The third-order valence-corrected chi connectivity index (χ3v) is 6.89. The average Bonchev–Trinajstić information content (AvgIpc) is 3.34. The normalized spacial score (nSPS) is 22.5. The highest BCUT2D eigenvalue weighted by Gasteiger charge is 2.60. The number of carbonyl (C=O) groups excluding carboxylic acids is 1. The maximum Gasteiger partial charge on any atom is 0.229 e. The van der Waals surface area contributed by atoms with E-state index in [1.807, 2.05) is 25.1 Å². The Bertz CT molecular complexity index is 1180. The SMILES string of the molecule is COCCN1CC[C@]2(C[C@@H]2C(=O)Nc2cc3cc(-c4cnccc4C)nc(N)c3cn2)C1. The lowest BCUT2D eigenvalue weighted by molar-refractivity contribution is -0.118. The fraction of sp³-hybridized carbons (Fsp3) is 0.417. The monoisotopic (exact) mass is 432 g/mol. The predicted octanol–water partition coefficient (Wildman–Crippen LogP) is 2.88. The van der Waals surface area contributed by atoms with Gasteiger partial charge in [-0.2, -0.15) is 0 Å². The van der Waals surface area contributed by atoms with Crippen molar-refractivity contribution < 1.29 is 9.53 Å². The molecule has 4 heterocycles. The Morgan fingerprint density at radius 3 is 3.06 bits per heavy atom. The number of nitrogens with two attached hydrogens (primary N) is 1. The number of nitrogen functional groups attached to an aromatic ring is 1. The molecule has 0 radical (unpaired) electrons. The van der Waals surface area contributed by atoms with Crippen molar-refractivity contribution in [3.63, 3.8) is 0 Å². The molecule has 0 aromatic carbocycles. The lowest BCUT2D eigenvalue weighted by Gasteiger charge is -2.15. The van der Waals surface area contributed by atoms with E-state index in [4.69, 9.17) is 10.5 Å². The van der Waals surface area contributed by atoms with Crippen LogP contribution < -0.4 is 11.1 Å². The van der Waals surface area contributed by atoms with Crippen molar-refractivity contribution in [1.82, 2.24) is 19.9 Å². The van der Waals surface area contributed by atoms with Crippen LogP contribution in [0.25, 0.3) is 22.0 Å². The van der Waals surface area contributed by atoms with E-state index in [0.29, 0.717) is 11.6 Å². The van der Waals surface area contributed by atoms with Crippen LogP contribution in [0.5, 0.6) is 0 Å². The van der Waals surface area contributed by atoms with E-state index >= 15 is 0 Å². The zero-order valence-corrected chi connectivity index (χ0v) is 18.5. The zero-order chi connectivity index (χ0) is 22.3. The van der Waals surface area contributed by atoms with Crippen LogP contribution in [0.4, 0.5) is 11.6 Å². The number of aryl methyl sites for hydroxylation is 1. The number of anilines is 2. The van der Waals surface area contributed by atoms with E-state index in [1.165, 1.54) is 0 Å². The molecule has 1 spiro atoms. The molecule has 5 rings (SSSR count). The van der Waals surface area contributed by atoms with Crippen LogP contribution in [-0.2, 0) is 9.53 Å². The number of likely N-dealkylation sites (tertiary alicyclic amines) is 1. The highest BCUT2D eigenvalue weighted by molar-refractivity contribution is 5.98. The van der Waals surface area contributed by atoms with Gasteiger partial charge in [-0.15, -0.1) is 0 Å². The first-order valence-electron chi connectivity index (χ1n) is 11.0. The lowest BCUT2D eigenvalue weighted by atomic mass is 10.0. The Morgan fingerprint density at radius 2 is 2.25 bits per heavy atom. The Hall–Kier alpha value is -3.10. The molecule has 32 heavy (non-hydrogen) atoms. The van der Waals surface area contributed by atoms with Crippen LogP contribution in [0.2, 0.25) is 0 Å². The summed E-state index contributed by atoms with van der Waals surface area (Å²) in [6, 6.07) is 5.78. The standard InChI is InChI=1S/C24H28N6O2/c1-15-3-5-26-12-17(15)20-9-16-10-21(27-13-18(16)22(25)28-20)29-23(31)19-11-24(19)4-6-30(14-24)7-8-32-2/h3,5,9-10,12-13,19H,4,6-8,11,14H2,1-2H3,(H2,25,28)(H,27,29,31)/t19-,24+/m1/s1. The summed E-state index contributed by atoms with van der Waals surface area (Å²) in [7, 11) is 1.72. The topological polar surface area (TPSA) is 106 Å². The highest BCUT2D eigenvalue weighted by Crippen LogP contribution is 2.58. The van der Waals surface area contributed by atoms with Crippen LogP contribution in [0.15, 0.2) is 36.8 Å². The fourth-order valence-electron chi connectivity index (χ4n) is 4.89. The summed E-state index contributed by atoms with van der Waals surface area (Å²) in [4.78, 5) is 28.5. The molecule has 2 aliphatic rings. The number of nitrogens with one attached hydrogen (secondary N) is 1. The molecule has 3 aromatic rings. The van der Waals surface area contributed by atoms with Gasteiger partial charge in [0.15, 0.2) is 0 Å². The van der Waals surface area contributed by atoms with Gasteiger partial charge in [0, 0.05) is 55.7 Å². The maximum atomic E-state index is 13.0. The van der Waals surface area contributed by atoms with Crippen molar-refractivity contribution in [3.8, 4) is 11.3 Å². The lowest BCUT2D eigenvalue weighted by Crippen LogP contribution is -2.26. The van der Waals surface area contributed by atoms with Crippen molar-refractivity contribution in [2.45, 2.75) is 19.8 Å². The van der Waals surface area contributed by atoms with Gasteiger partial charge < -0.3 is 20.7 Å². The van der Waals surface area contributed by atoms with E-state index in [-0.39, 0.29) is 17.2 Å². The highest BCUT2D eigenvalue weighted by atomic mass is 16.5. The molecule has 166 valence electrons. The summed E-state index contributed by atoms with van der Waals surface area (Å²) < 4.78 is 5.19. The van der Waals surface area contributed by atoms with E-state index in [2.05, 4.69) is 25.2 Å². The summed E-state index contributed by atoms with van der Waals surface area (Å²) in [5.74, 6) is 1.05. The summed E-state index contributed by atoms with van der Waals surface area (Å²) >= 11 is 0. The molecule has 1 aliphatic carbocycles. The third-order valence-electron chi connectivity index (χ3n) is 6.89. The molecule has 1 saturated carbocycles. The second kappa shape index (κ2) is 8.11. The molecule has 2 atom stereocenters. The molecule has 3 N–H and O–H groups in total. The van der Waals surface area contributed by atoms with Crippen molar-refractivity contribution >= 4 is 28.3 Å². The summed E-state index contributed by atoms with van der Waals surface area (Å²) in [5.41, 5.74) is 9.09. The number of rotatable bonds is 6. The molecule has 8 nitrogen and oxygen atoms in total. The quantitative estimate of drug-likeness (QED) is 0.617. The second-order valence-electron chi connectivity index (χ2n) is 9.00. The minimum absolute atomic E-state index is 0.0451. The molecule has 1 saturated heterocycles. The number of hydrogen-bond donors (Lipinski definition) is 2. The molecule has 2 fully saturated rings.